The lowest BCUT2D eigenvalue weighted by Crippen LogP contribution is -2.55. The average molecular weight is 513 g/mol. The molecule has 1 atom stereocenters. The third-order valence-electron chi connectivity index (χ3n) is 6.51. The third kappa shape index (κ3) is 5.07. The number of piperazine rings is 1. The number of aliphatic imine (C=N–C) groups is 1. The molecule has 11 heteroatoms. The van der Waals surface area contributed by atoms with Gasteiger partial charge in [0.15, 0.2) is 0 Å². The first kappa shape index (κ1) is 24.5. The van der Waals surface area contributed by atoms with E-state index < -0.39 is 23.8 Å². The zero-order valence-electron chi connectivity index (χ0n) is 19.6. The van der Waals surface area contributed by atoms with Crippen molar-refractivity contribution in [2.75, 3.05) is 36.0 Å². The first-order chi connectivity index (χ1) is 17.7. The topological polar surface area (TPSA) is 72.3 Å². The lowest BCUT2D eigenvalue weighted by atomic mass is 9.98. The van der Waals surface area contributed by atoms with E-state index >= 15 is 0 Å². The lowest BCUT2D eigenvalue weighted by molar-refractivity contribution is -0.138. The van der Waals surface area contributed by atoms with Crippen LogP contribution in [-0.4, -0.2) is 53.1 Å². The van der Waals surface area contributed by atoms with Crippen molar-refractivity contribution in [3.63, 3.8) is 0 Å². The minimum Gasteiger partial charge on any atom is -0.481 e. The molecule has 1 fully saturated rings. The van der Waals surface area contributed by atoms with Crippen LogP contribution in [-0.2, 0) is 11.0 Å². The number of benzene rings is 2. The number of rotatable bonds is 4. The van der Waals surface area contributed by atoms with Gasteiger partial charge in [0.25, 0.3) is 0 Å². The second kappa shape index (κ2) is 9.72. The number of hydrogen-bond acceptors (Lipinski definition) is 6. The molecule has 2 aromatic carbocycles. The van der Waals surface area contributed by atoms with E-state index in [1.807, 2.05) is 4.90 Å². The Morgan fingerprint density at radius 3 is 2.35 bits per heavy atom. The highest BCUT2D eigenvalue weighted by molar-refractivity contribution is 6.01. The zero-order valence-corrected chi connectivity index (χ0v) is 19.6. The van der Waals surface area contributed by atoms with E-state index in [-0.39, 0.29) is 17.9 Å². The predicted octanol–water partition coefficient (Wildman–Crippen LogP) is 5.09. The van der Waals surface area contributed by atoms with E-state index in [1.54, 1.807) is 23.1 Å². The molecule has 2 aliphatic rings. The molecule has 0 bridgehead atoms. The Morgan fingerprint density at radius 1 is 0.973 bits per heavy atom. The summed E-state index contributed by atoms with van der Waals surface area (Å²) in [5.74, 6) is -1.05. The number of hydrogen-bond donors (Lipinski definition) is 1. The monoisotopic (exact) mass is 513 g/mol. The van der Waals surface area contributed by atoms with Gasteiger partial charge in [-0.1, -0.05) is 6.07 Å². The van der Waals surface area contributed by atoms with E-state index in [2.05, 4.69) is 9.88 Å². The number of carboxylic acid groups (broad SMARTS) is 1. The van der Waals surface area contributed by atoms with Crippen molar-refractivity contribution in [1.82, 2.24) is 9.88 Å². The lowest BCUT2D eigenvalue weighted by Gasteiger charge is -2.45. The molecule has 1 N–H and O–H groups in total. The number of aromatic nitrogens is 1. The number of alkyl halides is 3. The van der Waals surface area contributed by atoms with Gasteiger partial charge >= 0.3 is 12.1 Å². The van der Waals surface area contributed by atoms with Crippen molar-refractivity contribution < 1.29 is 27.5 Å². The Balaban J connectivity index is 1.53. The van der Waals surface area contributed by atoms with Crippen molar-refractivity contribution in [2.45, 2.75) is 18.6 Å². The highest BCUT2D eigenvalue weighted by Gasteiger charge is 2.38. The molecule has 7 nitrogen and oxygen atoms in total. The van der Waals surface area contributed by atoms with E-state index in [0.717, 1.165) is 17.8 Å². The number of pyridine rings is 1. The first-order valence-electron chi connectivity index (χ1n) is 11.7. The number of nitrogens with zero attached hydrogens (tertiary/aromatic N) is 5. The highest BCUT2D eigenvalue weighted by Crippen LogP contribution is 2.41. The van der Waals surface area contributed by atoms with Crippen LogP contribution < -0.4 is 9.80 Å². The first-order valence-corrected chi connectivity index (χ1v) is 11.7. The quantitative estimate of drug-likeness (QED) is 0.491. The smallest absolute Gasteiger partial charge is 0.416 e. The summed E-state index contributed by atoms with van der Waals surface area (Å²) in [5, 5.41) is 9.71. The van der Waals surface area contributed by atoms with Crippen LogP contribution in [0.4, 0.5) is 34.6 Å². The summed E-state index contributed by atoms with van der Waals surface area (Å²) < 4.78 is 54.1. The minimum absolute atomic E-state index is 0.197. The maximum absolute atomic E-state index is 13.6. The van der Waals surface area contributed by atoms with Gasteiger partial charge in [-0.3, -0.25) is 9.78 Å². The molecule has 1 aromatic heterocycles. The van der Waals surface area contributed by atoms with Crippen LogP contribution in [0.2, 0.25) is 0 Å². The molecular weight excluding hydrogens is 490 g/mol. The summed E-state index contributed by atoms with van der Waals surface area (Å²) >= 11 is 0. The number of aliphatic carboxylic acids is 1. The summed E-state index contributed by atoms with van der Waals surface area (Å²) in [6.45, 7) is 2.07. The highest BCUT2D eigenvalue weighted by atomic mass is 19.4. The van der Waals surface area contributed by atoms with Crippen LogP contribution in [0.1, 0.15) is 23.6 Å². The van der Waals surface area contributed by atoms with Gasteiger partial charge in [0.05, 0.1) is 29.9 Å². The fourth-order valence-electron chi connectivity index (χ4n) is 4.75. The molecule has 0 radical (unpaired) electrons. The van der Waals surface area contributed by atoms with E-state index in [9.17, 15) is 27.5 Å². The largest absolute Gasteiger partial charge is 0.481 e. The Morgan fingerprint density at radius 2 is 1.68 bits per heavy atom. The molecule has 0 amide bonds. The number of carboxylic acids is 1. The second-order valence-electron chi connectivity index (χ2n) is 8.83. The minimum atomic E-state index is -4.56. The van der Waals surface area contributed by atoms with Crippen LogP contribution >= 0.6 is 0 Å². The number of anilines is 2. The SMILES string of the molecule is O=C(O)CC1c2ccncc2N=C(N2CCN(c3ccc(F)cc3)CC2)N1c1cccc(C(F)(F)F)c1. The summed E-state index contributed by atoms with van der Waals surface area (Å²) in [6, 6.07) is 11.9. The van der Waals surface area contributed by atoms with Crippen molar-refractivity contribution >= 4 is 29.0 Å². The Labute approximate surface area is 210 Å². The number of carbonyl (C=O) groups is 1. The summed E-state index contributed by atoms with van der Waals surface area (Å²) in [4.78, 5) is 26.3. The molecule has 0 saturated carbocycles. The molecule has 192 valence electrons. The zero-order chi connectivity index (χ0) is 26.2. The molecule has 37 heavy (non-hydrogen) atoms. The number of halogens is 4. The van der Waals surface area contributed by atoms with Crippen LogP contribution in [0.25, 0.3) is 0 Å². The molecular formula is C26H23F4N5O2. The van der Waals surface area contributed by atoms with Gasteiger partial charge in [0.1, 0.15) is 5.82 Å². The van der Waals surface area contributed by atoms with Crippen LogP contribution in [0.3, 0.4) is 0 Å². The van der Waals surface area contributed by atoms with Gasteiger partial charge in [-0.05, 0) is 48.5 Å². The molecule has 1 saturated heterocycles. The maximum atomic E-state index is 13.6. The average Bonchev–Trinajstić information content (AvgIpc) is 2.88. The Bertz CT molecular complexity index is 1320. The fourth-order valence-corrected chi connectivity index (χ4v) is 4.75. The molecule has 3 aromatic rings. The van der Waals surface area contributed by atoms with E-state index in [1.165, 1.54) is 36.7 Å². The second-order valence-corrected chi connectivity index (χ2v) is 8.83. The van der Waals surface area contributed by atoms with Crippen LogP contribution in [0.5, 0.6) is 0 Å². The molecule has 0 aliphatic carbocycles. The molecule has 0 spiro atoms. The summed E-state index contributed by atoms with van der Waals surface area (Å²) in [7, 11) is 0. The van der Waals surface area contributed by atoms with Crippen molar-refractivity contribution in [2.24, 2.45) is 4.99 Å². The van der Waals surface area contributed by atoms with Gasteiger partial charge in [0.2, 0.25) is 5.96 Å². The van der Waals surface area contributed by atoms with E-state index in [4.69, 9.17) is 4.99 Å². The van der Waals surface area contributed by atoms with Crippen LogP contribution in [0.15, 0.2) is 72.0 Å². The number of fused-ring (bicyclic) bond motifs is 1. The molecule has 1 unspecified atom stereocenters. The maximum Gasteiger partial charge on any atom is 0.416 e. The molecule has 2 aliphatic heterocycles. The standard InChI is InChI=1S/C26H23F4N5O2/c27-18-4-6-19(7-5-18)33-10-12-34(13-11-33)25-32-22-16-31-9-8-21(22)23(15-24(36)37)35(25)20-3-1-2-17(14-20)26(28,29)30/h1-9,14,16,23H,10-13,15H2,(H,36,37). The van der Waals surface area contributed by atoms with Crippen molar-refractivity contribution in [3.05, 3.63) is 83.9 Å². The van der Waals surface area contributed by atoms with Gasteiger partial charge in [-0.2, -0.15) is 13.2 Å². The van der Waals surface area contributed by atoms with Gasteiger partial charge in [-0.15, -0.1) is 0 Å². The Hall–Kier alpha value is -4.15. The van der Waals surface area contributed by atoms with Crippen molar-refractivity contribution in [3.8, 4) is 0 Å². The van der Waals surface area contributed by atoms with E-state index in [0.29, 0.717) is 43.4 Å². The fraction of sp³-hybridized carbons (Fsp3) is 0.269. The normalized spacial score (nSPS) is 17.9. The van der Waals surface area contributed by atoms with Crippen molar-refractivity contribution in [1.29, 1.82) is 0 Å². The van der Waals surface area contributed by atoms with Gasteiger partial charge in [0, 0.05) is 49.3 Å². The van der Waals surface area contributed by atoms with Gasteiger partial charge in [-0.25, -0.2) is 9.38 Å². The summed E-state index contributed by atoms with van der Waals surface area (Å²) in [5.41, 5.74) is 1.28. The van der Waals surface area contributed by atoms with Crippen LogP contribution in [0, 0.1) is 5.82 Å². The van der Waals surface area contributed by atoms with Gasteiger partial charge < -0.3 is 19.8 Å². The summed E-state index contributed by atoms with van der Waals surface area (Å²) in [6.07, 6.45) is -1.86. The third-order valence-corrected chi connectivity index (χ3v) is 6.51. The molecule has 5 rings (SSSR count). The number of guanidine groups is 1. The predicted molar refractivity (Wildman–Crippen MR) is 130 cm³/mol. The molecule has 3 heterocycles. The Kier molecular flexibility index (Phi) is 6.45.